The Kier molecular flexibility index (Phi) is 4.13. The number of urea groups is 1. The lowest BCUT2D eigenvalue weighted by Crippen LogP contribution is -2.48. The second-order valence-electron chi connectivity index (χ2n) is 5.76. The second kappa shape index (κ2) is 6.06. The first-order valence-corrected chi connectivity index (χ1v) is 8.22. The molecule has 1 heterocycles. The van der Waals surface area contributed by atoms with E-state index in [9.17, 15) is 9.90 Å². The van der Waals surface area contributed by atoms with Gasteiger partial charge < -0.3 is 15.7 Å². The second-order valence-corrected chi connectivity index (χ2v) is 6.62. The van der Waals surface area contributed by atoms with Crippen LogP contribution in [0, 0.1) is 6.92 Å². The van der Waals surface area contributed by atoms with Crippen molar-refractivity contribution in [2.45, 2.75) is 31.8 Å². The van der Waals surface area contributed by atoms with Crippen LogP contribution in [-0.4, -0.2) is 28.3 Å². The molecule has 2 aromatic rings. The van der Waals surface area contributed by atoms with Crippen LogP contribution >= 0.6 is 11.3 Å². The number of carbonyl (C=O) groups is 1. The van der Waals surface area contributed by atoms with Crippen LogP contribution in [0.15, 0.2) is 29.6 Å². The van der Waals surface area contributed by atoms with Gasteiger partial charge in [-0.05, 0) is 50.5 Å². The standard InChI is InChI=1S/C16H19N3O2S/c1-11-9-22-14(18-11)12-3-5-13(6-4-12)19-15(20)17-10-16(21)7-2-8-16/h3-6,9,21H,2,7-8,10H2,1H3,(H2,17,19,20). The Morgan fingerprint density at radius 1 is 1.36 bits per heavy atom. The van der Waals surface area contributed by atoms with Crippen LogP contribution in [-0.2, 0) is 0 Å². The Morgan fingerprint density at radius 3 is 2.64 bits per heavy atom. The number of aromatic nitrogens is 1. The minimum absolute atomic E-state index is 0.293. The van der Waals surface area contributed by atoms with E-state index >= 15 is 0 Å². The Morgan fingerprint density at radius 2 is 2.09 bits per heavy atom. The van der Waals surface area contributed by atoms with Gasteiger partial charge in [-0.25, -0.2) is 9.78 Å². The summed E-state index contributed by atoms with van der Waals surface area (Å²) < 4.78 is 0. The number of thiazole rings is 1. The van der Waals surface area contributed by atoms with Gasteiger partial charge in [0.15, 0.2) is 0 Å². The van der Waals surface area contributed by atoms with Crippen molar-refractivity contribution in [1.29, 1.82) is 0 Å². The van der Waals surface area contributed by atoms with Crippen molar-refractivity contribution in [3.8, 4) is 10.6 Å². The summed E-state index contributed by atoms with van der Waals surface area (Å²) in [4.78, 5) is 16.2. The third-order valence-electron chi connectivity index (χ3n) is 3.87. The molecule has 0 bridgehead atoms. The first-order chi connectivity index (χ1) is 10.5. The fourth-order valence-electron chi connectivity index (χ4n) is 2.36. The lowest BCUT2D eigenvalue weighted by atomic mass is 9.80. The Hall–Kier alpha value is -1.92. The SMILES string of the molecule is Cc1csc(-c2ccc(NC(=O)NCC3(O)CCC3)cc2)n1. The minimum atomic E-state index is -0.704. The Balaban J connectivity index is 1.55. The third kappa shape index (κ3) is 3.45. The number of hydrogen-bond acceptors (Lipinski definition) is 4. The van der Waals surface area contributed by atoms with Crippen LogP contribution in [0.3, 0.4) is 0 Å². The van der Waals surface area contributed by atoms with Gasteiger partial charge >= 0.3 is 6.03 Å². The summed E-state index contributed by atoms with van der Waals surface area (Å²) in [5.74, 6) is 0. The van der Waals surface area contributed by atoms with E-state index in [0.29, 0.717) is 6.54 Å². The van der Waals surface area contributed by atoms with Crippen LogP contribution in [0.5, 0.6) is 0 Å². The molecule has 0 unspecified atom stereocenters. The fourth-order valence-corrected chi connectivity index (χ4v) is 3.17. The summed E-state index contributed by atoms with van der Waals surface area (Å²) in [5, 5.41) is 18.4. The molecule has 0 saturated heterocycles. The quantitative estimate of drug-likeness (QED) is 0.811. The van der Waals surface area contributed by atoms with Crippen molar-refractivity contribution < 1.29 is 9.90 Å². The van der Waals surface area contributed by atoms with Crippen LogP contribution in [0.4, 0.5) is 10.5 Å². The van der Waals surface area contributed by atoms with Gasteiger partial charge in [0.1, 0.15) is 5.01 Å². The van der Waals surface area contributed by atoms with Crippen LogP contribution in [0.25, 0.3) is 10.6 Å². The lowest BCUT2D eigenvalue weighted by molar-refractivity contribution is -0.0287. The molecule has 2 amide bonds. The van der Waals surface area contributed by atoms with E-state index in [1.807, 2.05) is 36.6 Å². The van der Waals surface area contributed by atoms with Crippen molar-refractivity contribution in [3.63, 3.8) is 0 Å². The summed E-state index contributed by atoms with van der Waals surface area (Å²) in [7, 11) is 0. The summed E-state index contributed by atoms with van der Waals surface area (Å²) in [6.07, 6.45) is 2.54. The zero-order chi connectivity index (χ0) is 15.6. The molecule has 0 aliphatic heterocycles. The molecule has 6 heteroatoms. The average molecular weight is 317 g/mol. The number of aliphatic hydroxyl groups is 1. The maximum absolute atomic E-state index is 11.8. The highest BCUT2D eigenvalue weighted by Crippen LogP contribution is 2.30. The molecule has 0 radical (unpaired) electrons. The predicted octanol–water partition coefficient (Wildman–Crippen LogP) is 3.16. The molecule has 1 aliphatic rings. The molecule has 0 spiro atoms. The maximum atomic E-state index is 11.8. The van der Waals surface area contributed by atoms with Crippen LogP contribution < -0.4 is 10.6 Å². The van der Waals surface area contributed by atoms with Crippen molar-refractivity contribution in [2.24, 2.45) is 0 Å². The number of nitrogens with one attached hydrogen (secondary N) is 2. The van der Waals surface area contributed by atoms with Crippen molar-refractivity contribution >= 4 is 23.1 Å². The number of benzene rings is 1. The summed E-state index contributed by atoms with van der Waals surface area (Å²) in [6.45, 7) is 2.27. The van der Waals surface area contributed by atoms with E-state index in [-0.39, 0.29) is 6.03 Å². The Bertz CT molecular complexity index is 662. The minimum Gasteiger partial charge on any atom is -0.388 e. The lowest BCUT2D eigenvalue weighted by Gasteiger charge is -2.36. The predicted molar refractivity (Wildman–Crippen MR) is 88.1 cm³/mol. The van der Waals surface area contributed by atoms with E-state index < -0.39 is 5.60 Å². The number of hydrogen-bond donors (Lipinski definition) is 3. The number of rotatable bonds is 4. The van der Waals surface area contributed by atoms with Gasteiger partial charge in [0.25, 0.3) is 0 Å². The van der Waals surface area contributed by atoms with Gasteiger partial charge in [-0.1, -0.05) is 0 Å². The van der Waals surface area contributed by atoms with E-state index in [4.69, 9.17) is 0 Å². The van der Waals surface area contributed by atoms with Crippen LogP contribution in [0.1, 0.15) is 25.0 Å². The van der Waals surface area contributed by atoms with E-state index in [1.165, 1.54) is 0 Å². The van der Waals surface area contributed by atoms with E-state index in [2.05, 4.69) is 15.6 Å². The van der Waals surface area contributed by atoms with Crippen molar-refractivity contribution in [3.05, 3.63) is 35.3 Å². The first-order valence-electron chi connectivity index (χ1n) is 7.34. The van der Waals surface area contributed by atoms with Crippen molar-refractivity contribution in [2.75, 3.05) is 11.9 Å². The molecule has 1 aromatic carbocycles. The number of anilines is 1. The van der Waals surface area contributed by atoms with Gasteiger partial charge in [-0.15, -0.1) is 11.3 Å². The summed E-state index contributed by atoms with van der Waals surface area (Å²) in [5.41, 5.74) is 2.06. The Labute approximate surface area is 133 Å². The number of amides is 2. The van der Waals surface area contributed by atoms with Gasteiger partial charge in [0, 0.05) is 28.9 Å². The van der Waals surface area contributed by atoms with Crippen molar-refractivity contribution in [1.82, 2.24) is 10.3 Å². The molecule has 1 aromatic heterocycles. The molecule has 22 heavy (non-hydrogen) atoms. The molecular weight excluding hydrogens is 298 g/mol. The van der Waals surface area contributed by atoms with Gasteiger partial charge in [-0.3, -0.25) is 0 Å². The monoisotopic (exact) mass is 317 g/mol. The highest BCUT2D eigenvalue weighted by molar-refractivity contribution is 7.13. The average Bonchev–Trinajstić information content (AvgIpc) is 2.90. The zero-order valence-corrected chi connectivity index (χ0v) is 13.2. The zero-order valence-electron chi connectivity index (χ0n) is 12.4. The smallest absolute Gasteiger partial charge is 0.319 e. The molecule has 0 atom stereocenters. The summed E-state index contributed by atoms with van der Waals surface area (Å²) >= 11 is 1.60. The number of nitrogens with zero attached hydrogens (tertiary/aromatic N) is 1. The molecule has 3 rings (SSSR count). The third-order valence-corrected chi connectivity index (χ3v) is 4.88. The van der Waals surface area contributed by atoms with Gasteiger partial charge in [0.2, 0.25) is 0 Å². The molecule has 1 saturated carbocycles. The summed E-state index contributed by atoms with van der Waals surface area (Å²) in [6, 6.07) is 7.28. The fraction of sp³-hybridized carbons (Fsp3) is 0.375. The number of carbonyl (C=O) groups excluding carboxylic acids is 1. The van der Waals surface area contributed by atoms with E-state index in [1.54, 1.807) is 11.3 Å². The maximum Gasteiger partial charge on any atom is 0.319 e. The van der Waals surface area contributed by atoms with E-state index in [0.717, 1.165) is 41.2 Å². The molecule has 5 nitrogen and oxygen atoms in total. The van der Waals surface area contributed by atoms with Crippen LogP contribution in [0.2, 0.25) is 0 Å². The molecule has 116 valence electrons. The van der Waals surface area contributed by atoms with Gasteiger partial charge in [0.05, 0.1) is 5.60 Å². The molecule has 1 aliphatic carbocycles. The molecule has 1 fully saturated rings. The highest BCUT2D eigenvalue weighted by Gasteiger charge is 2.34. The molecule has 3 N–H and O–H groups in total. The topological polar surface area (TPSA) is 74.2 Å². The first kappa shape index (κ1) is 15.0. The van der Waals surface area contributed by atoms with Gasteiger partial charge in [-0.2, -0.15) is 0 Å². The highest BCUT2D eigenvalue weighted by atomic mass is 32.1. The normalized spacial score (nSPS) is 15.9. The molecular formula is C16H19N3O2S. The largest absolute Gasteiger partial charge is 0.388 e. The number of aryl methyl sites for hydroxylation is 1.